The van der Waals surface area contributed by atoms with E-state index < -0.39 is 0 Å². The van der Waals surface area contributed by atoms with Crippen LogP contribution in [0, 0.1) is 11.3 Å². The van der Waals surface area contributed by atoms with Gasteiger partial charge >= 0.3 is 0 Å². The van der Waals surface area contributed by atoms with Gasteiger partial charge in [-0.05, 0) is 36.4 Å². The highest BCUT2D eigenvalue weighted by Crippen LogP contribution is 2.32. The molecule has 3 aromatic rings. The molecule has 0 aliphatic rings. The second kappa shape index (κ2) is 5.36. The maximum atomic E-state index is 9.15. The van der Waals surface area contributed by atoms with Crippen molar-refractivity contribution in [3.63, 3.8) is 0 Å². The molecular weight excluding hydrogens is 314 g/mol. The van der Waals surface area contributed by atoms with Crippen molar-refractivity contribution in [1.82, 2.24) is 0 Å². The van der Waals surface area contributed by atoms with Crippen molar-refractivity contribution >= 4 is 26.7 Å². The fraction of sp³-hybridized carbons (Fsp3) is 0. The summed E-state index contributed by atoms with van der Waals surface area (Å²) in [7, 11) is 0. The molecule has 0 radical (unpaired) electrons. The van der Waals surface area contributed by atoms with E-state index in [2.05, 4.69) is 22.0 Å². The van der Waals surface area contributed by atoms with Crippen molar-refractivity contribution in [2.24, 2.45) is 0 Å². The third-order valence-electron chi connectivity index (χ3n) is 3.05. The summed E-state index contributed by atoms with van der Waals surface area (Å²) < 4.78 is 6.92. The lowest BCUT2D eigenvalue weighted by Crippen LogP contribution is -1.88. The molecule has 0 heterocycles. The lowest BCUT2D eigenvalue weighted by atomic mass is 10.0. The molecule has 0 aromatic heterocycles. The van der Waals surface area contributed by atoms with Crippen LogP contribution >= 0.6 is 15.9 Å². The van der Waals surface area contributed by atoms with E-state index in [1.165, 1.54) is 0 Å². The molecule has 0 saturated carbocycles. The lowest BCUT2D eigenvalue weighted by Gasteiger charge is -2.10. The van der Waals surface area contributed by atoms with Crippen LogP contribution in [0.25, 0.3) is 10.8 Å². The maximum Gasteiger partial charge on any atom is 0.135 e. The monoisotopic (exact) mass is 323 g/mol. The minimum absolute atomic E-state index is 0.656. The molecule has 0 aliphatic carbocycles. The Kier molecular flexibility index (Phi) is 3.41. The van der Waals surface area contributed by atoms with Gasteiger partial charge in [-0.2, -0.15) is 5.26 Å². The van der Waals surface area contributed by atoms with E-state index in [4.69, 9.17) is 10.00 Å². The predicted octanol–water partition coefficient (Wildman–Crippen LogP) is 5.27. The number of fused-ring (bicyclic) bond motifs is 1. The Labute approximate surface area is 125 Å². The van der Waals surface area contributed by atoms with Gasteiger partial charge in [0.1, 0.15) is 11.5 Å². The van der Waals surface area contributed by atoms with Crippen molar-refractivity contribution in [2.75, 3.05) is 0 Å². The second-order valence-electron chi connectivity index (χ2n) is 4.32. The Morgan fingerprint density at radius 3 is 2.25 bits per heavy atom. The molecule has 3 heteroatoms. The first-order valence-electron chi connectivity index (χ1n) is 6.13. The summed E-state index contributed by atoms with van der Waals surface area (Å²) in [5.74, 6) is 1.52. The second-order valence-corrected chi connectivity index (χ2v) is 5.24. The van der Waals surface area contributed by atoms with E-state index in [0.29, 0.717) is 5.56 Å². The quantitative estimate of drug-likeness (QED) is 0.643. The van der Waals surface area contributed by atoms with Gasteiger partial charge in [0.15, 0.2) is 0 Å². The fourth-order valence-corrected chi connectivity index (χ4v) is 2.35. The molecule has 20 heavy (non-hydrogen) atoms. The molecule has 0 saturated heterocycles. The SMILES string of the molecule is N#Cc1ccc(Oc2ccc(Br)cc2)c2ccccc12. The fourth-order valence-electron chi connectivity index (χ4n) is 2.09. The molecule has 0 aliphatic heterocycles. The molecule has 96 valence electrons. The van der Waals surface area contributed by atoms with E-state index in [0.717, 1.165) is 26.7 Å². The van der Waals surface area contributed by atoms with Crippen LogP contribution in [0.3, 0.4) is 0 Å². The van der Waals surface area contributed by atoms with Crippen LogP contribution in [0.5, 0.6) is 11.5 Å². The van der Waals surface area contributed by atoms with Crippen LogP contribution in [-0.2, 0) is 0 Å². The van der Waals surface area contributed by atoms with E-state index in [9.17, 15) is 0 Å². The predicted molar refractivity (Wildman–Crippen MR) is 82.9 cm³/mol. The number of hydrogen-bond donors (Lipinski definition) is 0. The van der Waals surface area contributed by atoms with Crippen LogP contribution in [0.4, 0.5) is 0 Å². The van der Waals surface area contributed by atoms with Crippen molar-refractivity contribution in [3.05, 3.63) is 70.7 Å². The van der Waals surface area contributed by atoms with Crippen molar-refractivity contribution in [1.29, 1.82) is 5.26 Å². The Hall–Kier alpha value is -2.31. The number of hydrogen-bond acceptors (Lipinski definition) is 2. The van der Waals surface area contributed by atoms with Gasteiger partial charge in [0.2, 0.25) is 0 Å². The first-order chi connectivity index (χ1) is 9.78. The van der Waals surface area contributed by atoms with Crippen LogP contribution < -0.4 is 4.74 Å². The smallest absolute Gasteiger partial charge is 0.135 e. The standard InChI is InChI=1S/C17H10BrNO/c18-13-6-8-14(9-7-13)20-17-10-5-12(11-19)15-3-1-2-4-16(15)17/h1-10H. The average molecular weight is 324 g/mol. The van der Waals surface area contributed by atoms with Crippen LogP contribution in [0.15, 0.2) is 65.1 Å². The Bertz CT molecular complexity index is 803. The van der Waals surface area contributed by atoms with Gasteiger partial charge in [-0.15, -0.1) is 0 Å². The van der Waals surface area contributed by atoms with Crippen LogP contribution in [0.2, 0.25) is 0 Å². The molecule has 0 spiro atoms. The summed E-state index contributed by atoms with van der Waals surface area (Å²) in [6.07, 6.45) is 0. The first kappa shape index (κ1) is 12.7. The Morgan fingerprint density at radius 2 is 1.55 bits per heavy atom. The first-order valence-corrected chi connectivity index (χ1v) is 6.92. The highest BCUT2D eigenvalue weighted by Gasteiger charge is 2.07. The Morgan fingerprint density at radius 1 is 0.850 bits per heavy atom. The highest BCUT2D eigenvalue weighted by molar-refractivity contribution is 9.10. The third kappa shape index (κ3) is 2.38. The summed E-state index contributed by atoms with van der Waals surface area (Å²) in [5, 5.41) is 11.0. The molecule has 0 N–H and O–H groups in total. The molecule has 3 aromatic carbocycles. The van der Waals surface area contributed by atoms with Gasteiger partial charge in [-0.25, -0.2) is 0 Å². The molecule has 0 amide bonds. The van der Waals surface area contributed by atoms with Gasteiger partial charge in [-0.1, -0.05) is 40.2 Å². The van der Waals surface area contributed by atoms with E-state index in [-0.39, 0.29) is 0 Å². The van der Waals surface area contributed by atoms with Crippen LogP contribution in [-0.4, -0.2) is 0 Å². The number of nitrogens with zero attached hydrogens (tertiary/aromatic N) is 1. The average Bonchev–Trinajstić information content (AvgIpc) is 2.50. The van der Waals surface area contributed by atoms with Gasteiger partial charge < -0.3 is 4.74 Å². The molecular formula is C17H10BrNO. The number of rotatable bonds is 2. The van der Waals surface area contributed by atoms with Crippen molar-refractivity contribution < 1.29 is 4.74 Å². The molecule has 0 bridgehead atoms. The maximum absolute atomic E-state index is 9.15. The minimum atomic E-state index is 0.656. The summed E-state index contributed by atoms with van der Waals surface area (Å²) in [5.41, 5.74) is 0.656. The molecule has 2 nitrogen and oxygen atoms in total. The highest BCUT2D eigenvalue weighted by atomic mass is 79.9. The zero-order valence-corrected chi connectivity index (χ0v) is 12.1. The lowest BCUT2D eigenvalue weighted by molar-refractivity contribution is 0.488. The summed E-state index contributed by atoms with van der Waals surface area (Å²) in [4.78, 5) is 0. The van der Waals surface area contributed by atoms with Gasteiger partial charge in [0.25, 0.3) is 0 Å². The molecule has 0 fully saturated rings. The summed E-state index contributed by atoms with van der Waals surface area (Å²) >= 11 is 3.40. The van der Waals surface area contributed by atoms with Gasteiger partial charge in [0.05, 0.1) is 11.6 Å². The number of ether oxygens (including phenoxy) is 1. The normalized spacial score (nSPS) is 10.2. The van der Waals surface area contributed by atoms with E-state index in [1.807, 2.05) is 54.6 Å². The summed E-state index contributed by atoms with van der Waals surface area (Å²) in [6, 6.07) is 21.3. The van der Waals surface area contributed by atoms with Crippen LogP contribution in [0.1, 0.15) is 5.56 Å². The van der Waals surface area contributed by atoms with Gasteiger partial charge in [0, 0.05) is 15.2 Å². The molecule has 0 unspecified atom stereocenters. The van der Waals surface area contributed by atoms with Crippen molar-refractivity contribution in [2.45, 2.75) is 0 Å². The molecule has 0 atom stereocenters. The number of halogens is 1. The molecule has 3 rings (SSSR count). The number of nitriles is 1. The zero-order chi connectivity index (χ0) is 13.9. The third-order valence-corrected chi connectivity index (χ3v) is 3.57. The summed E-state index contributed by atoms with van der Waals surface area (Å²) in [6.45, 7) is 0. The zero-order valence-electron chi connectivity index (χ0n) is 10.5. The van der Waals surface area contributed by atoms with Gasteiger partial charge in [-0.3, -0.25) is 0 Å². The topological polar surface area (TPSA) is 33.0 Å². The Balaban J connectivity index is 2.09. The van der Waals surface area contributed by atoms with Crippen molar-refractivity contribution in [3.8, 4) is 17.6 Å². The largest absolute Gasteiger partial charge is 0.457 e. The number of benzene rings is 3. The van der Waals surface area contributed by atoms with E-state index in [1.54, 1.807) is 6.07 Å². The van der Waals surface area contributed by atoms with E-state index >= 15 is 0 Å². The minimum Gasteiger partial charge on any atom is -0.457 e.